The van der Waals surface area contributed by atoms with Gasteiger partial charge in [0.1, 0.15) is 11.2 Å². The summed E-state index contributed by atoms with van der Waals surface area (Å²) in [5, 5.41) is 0.472. The van der Waals surface area contributed by atoms with Gasteiger partial charge in [0.15, 0.2) is 0 Å². The Morgan fingerprint density at radius 2 is 1.64 bits per heavy atom. The number of ether oxygens (including phenoxy) is 3. The zero-order valence-corrected chi connectivity index (χ0v) is 18.2. The lowest BCUT2D eigenvalue weighted by molar-refractivity contribution is -0.0176. The van der Waals surface area contributed by atoms with E-state index < -0.39 is 29.4 Å². The lowest BCUT2D eigenvalue weighted by atomic mass is 10.1. The van der Waals surface area contributed by atoms with E-state index in [1.54, 1.807) is 71.9 Å². The van der Waals surface area contributed by atoms with Crippen molar-refractivity contribution in [3.63, 3.8) is 0 Å². The van der Waals surface area contributed by atoms with E-state index in [0.717, 1.165) is 4.90 Å². The number of rotatable bonds is 6. The molecular weight excluding hydrogens is 382 g/mol. The predicted octanol–water partition coefficient (Wildman–Crippen LogP) is 5.76. The van der Waals surface area contributed by atoms with E-state index >= 15 is 0 Å². The maximum Gasteiger partial charge on any atom is 0.420 e. The SMILES string of the molecule is C=CCOC[C@H](c1cccc(Cl)c1)N(C(=O)OC(C)(C)C)C(=O)OC(C)(C)C. The van der Waals surface area contributed by atoms with Crippen LogP contribution in [0.1, 0.15) is 53.1 Å². The van der Waals surface area contributed by atoms with Crippen molar-refractivity contribution in [3.8, 4) is 0 Å². The number of halogens is 1. The standard InChI is InChI=1S/C21H30ClNO5/c1-8-12-26-14-17(15-10-9-11-16(22)13-15)23(18(24)27-20(2,3)4)19(25)28-21(5,6)7/h8-11,13,17H,1,12,14H2,2-7H3/t17-/m1/s1. The number of nitrogens with zero attached hydrogens (tertiary/aromatic N) is 1. The average Bonchev–Trinajstić information content (AvgIpc) is 2.50. The van der Waals surface area contributed by atoms with Crippen molar-refractivity contribution in [2.24, 2.45) is 0 Å². The first-order chi connectivity index (χ1) is 12.8. The quantitative estimate of drug-likeness (QED) is 0.440. The molecule has 0 aromatic heterocycles. The molecule has 0 aliphatic heterocycles. The molecular formula is C21H30ClNO5. The topological polar surface area (TPSA) is 65.1 Å². The summed E-state index contributed by atoms with van der Waals surface area (Å²) in [6.45, 7) is 14.2. The Morgan fingerprint density at radius 1 is 1.11 bits per heavy atom. The minimum Gasteiger partial charge on any atom is -0.443 e. The zero-order chi connectivity index (χ0) is 21.5. The molecule has 0 heterocycles. The van der Waals surface area contributed by atoms with Crippen molar-refractivity contribution in [2.45, 2.75) is 58.8 Å². The van der Waals surface area contributed by atoms with Crippen LogP contribution in [0.2, 0.25) is 5.02 Å². The highest BCUT2D eigenvalue weighted by atomic mass is 35.5. The van der Waals surface area contributed by atoms with Crippen LogP contribution < -0.4 is 0 Å². The van der Waals surface area contributed by atoms with Crippen LogP contribution in [0.25, 0.3) is 0 Å². The number of carbonyl (C=O) groups is 2. The fraction of sp³-hybridized carbons (Fsp3) is 0.524. The Morgan fingerprint density at radius 3 is 2.07 bits per heavy atom. The van der Waals surface area contributed by atoms with Gasteiger partial charge in [0.2, 0.25) is 0 Å². The Labute approximate surface area is 172 Å². The van der Waals surface area contributed by atoms with Crippen LogP contribution >= 0.6 is 11.6 Å². The van der Waals surface area contributed by atoms with Gasteiger partial charge in [-0.1, -0.05) is 29.8 Å². The van der Waals surface area contributed by atoms with E-state index in [4.69, 9.17) is 25.8 Å². The molecule has 156 valence electrons. The molecule has 0 saturated heterocycles. The highest BCUT2D eigenvalue weighted by molar-refractivity contribution is 6.30. The van der Waals surface area contributed by atoms with Gasteiger partial charge in [-0.25, -0.2) is 14.5 Å². The van der Waals surface area contributed by atoms with Crippen LogP contribution in [0.3, 0.4) is 0 Å². The van der Waals surface area contributed by atoms with E-state index in [-0.39, 0.29) is 13.2 Å². The first kappa shape index (κ1) is 24.0. The van der Waals surface area contributed by atoms with Gasteiger partial charge in [0.25, 0.3) is 0 Å². The maximum atomic E-state index is 12.9. The van der Waals surface area contributed by atoms with Crippen LogP contribution in [0.5, 0.6) is 0 Å². The van der Waals surface area contributed by atoms with Gasteiger partial charge in [-0.2, -0.15) is 0 Å². The van der Waals surface area contributed by atoms with Crippen molar-refractivity contribution in [1.29, 1.82) is 0 Å². The fourth-order valence-corrected chi connectivity index (χ4v) is 2.45. The van der Waals surface area contributed by atoms with Crippen LogP contribution in [0, 0.1) is 0 Å². The summed E-state index contributed by atoms with van der Waals surface area (Å²) in [5.41, 5.74) is -0.968. The molecule has 7 heteroatoms. The average molecular weight is 412 g/mol. The molecule has 0 bridgehead atoms. The number of hydrogen-bond acceptors (Lipinski definition) is 5. The Hall–Kier alpha value is -2.05. The van der Waals surface area contributed by atoms with Crippen molar-refractivity contribution in [3.05, 3.63) is 47.5 Å². The van der Waals surface area contributed by atoms with E-state index in [9.17, 15) is 9.59 Å². The molecule has 2 amide bonds. The zero-order valence-electron chi connectivity index (χ0n) is 17.5. The van der Waals surface area contributed by atoms with Gasteiger partial charge in [-0.3, -0.25) is 0 Å². The van der Waals surface area contributed by atoms with Crippen LogP contribution in [-0.2, 0) is 14.2 Å². The Kier molecular flexibility index (Phi) is 8.51. The number of carbonyl (C=O) groups excluding carboxylic acids is 2. The second-order valence-corrected chi connectivity index (χ2v) is 8.66. The predicted molar refractivity (Wildman–Crippen MR) is 110 cm³/mol. The van der Waals surface area contributed by atoms with Crippen LogP contribution in [0.15, 0.2) is 36.9 Å². The molecule has 0 radical (unpaired) electrons. The third-order valence-corrected chi connectivity index (χ3v) is 3.47. The van der Waals surface area contributed by atoms with Gasteiger partial charge in [0.05, 0.1) is 19.3 Å². The minimum atomic E-state index is -0.825. The third kappa shape index (κ3) is 8.31. The van der Waals surface area contributed by atoms with E-state index in [1.807, 2.05) is 0 Å². The molecule has 1 rings (SSSR count). The van der Waals surface area contributed by atoms with Gasteiger partial charge in [-0.15, -0.1) is 6.58 Å². The highest BCUT2D eigenvalue weighted by Crippen LogP contribution is 2.28. The second kappa shape index (κ2) is 9.94. The Bertz CT molecular complexity index is 663. The van der Waals surface area contributed by atoms with E-state index in [0.29, 0.717) is 10.6 Å². The smallest absolute Gasteiger partial charge is 0.420 e. The summed E-state index contributed by atoms with van der Waals surface area (Å²) in [6.07, 6.45) is -0.0665. The van der Waals surface area contributed by atoms with Crippen molar-refractivity contribution < 1.29 is 23.8 Å². The Balaban J connectivity index is 3.36. The van der Waals surface area contributed by atoms with Crippen LogP contribution in [-0.4, -0.2) is 41.5 Å². The molecule has 0 aliphatic rings. The minimum absolute atomic E-state index is 0.0326. The molecule has 28 heavy (non-hydrogen) atoms. The first-order valence-corrected chi connectivity index (χ1v) is 9.41. The maximum absolute atomic E-state index is 12.9. The summed E-state index contributed by atoms with van der Waals surface area (Å²) in [6, 6.07) is 6.09. The second-order valence-electron chi connectivity index (χ2n) is 8.23. The van der Waals surface area contributed by atoms with Gasteiger partial charge >= 0.3 is 12.2 Å². The number of imide groups is 1. The third-order valence-electron chi connectivity index (χ3n) is 3.24. The van der Waals surface area contributed by atoms with Crippen molar-refractivity contribution in [2.75, 3.05) is 13.2 Å². The summed E-state index contributed by atoms with van der Waals surface area (Å²) < 4.78 is 16.5. The number of hydrogen-bond donors (Lipinski definition) is 0. The summed E-state index contributed by atoms with van der Waals surface area (Å²) in [4.78, 5) is 26.8. The highest BCUT2D eigenvalue weighted by Gasteiger charge is 2.37. The molecule has 0 spiro atoms. The molecule has 0 N–H and O–H groups in total. The monoisotopic (exact) mass is 411 g/mol. The molecule has 1 aromatic rings. The fourth-order valence-electron chi connectivity index (χ4n) is 2.25. The normalized spacial score (nSPS) is 12.8. The van der Waals surface area contributed by atoms with E-state index in [1.165, 1.54) is 0 Å². The largest absolute Gasteiger partial charge is 0.443 e. The summed E-state index contributed by atoms with van der Waals surface area (Å²) >= 11 is 6.12. The summed E-state index contributed by atoms with van der Waals surface area (Å²) in [5.74, 6) is 0. The molecule has 0 unspecified atom stereocenters. The molecule has 1 aromatic carbocycles. The van der Waals surface area contributed by atoms with Gasteiger partial charge in [0, 0.05) is 5.02 Å². The lowest BCUT2D eigenvalue weighted by Crippen LogP contribution is -2.46. The molecule has 1 atom stereocenters. The number of benzene rings is 1. The summed E-state index contributed by atoms with van der Waals surface area (Å²) in [7, 11) is 0. The molecule has 0 fully saturated rings. The number of amides is 2. The lowest BCUT2D eigenvalue weighted by Gasteiger charge is -2.33. The van der Waals surface area contributed by atoms with Crippen molar-refractivity contribution >= 4 is 23.8 Å². The van der Waals surface area contributed by atoms with Crippen molar-refractivity contribution in [1.82, 2.24) is 4.90 Å². The van der Waals surface area contributed by atoms with Gasteiger partial charge in [-0.05, 0) is 59.2 Å². The first-order valence-electron chi connectivity index (χ1n) is 9.03. The van der Waals surface area contributed by atoms with Gasteiger partial charge < -0.3 is 14.2 Å². The molecule has 0 aliphatic carbocycles. The van der Waals surface area contributed by atoms with E-state index in [2.05, 4.69) is 6.58 Å². The molecule has 6 nitrogen and oxygen atoms in total. The van der Waals surface area contributed by atoms with Crippen LogP contribution in [0.4, 0.5) is 9.59 Å². The molecule has 0 saturated carbocycles.